The van der Waals surface area contributed by atoms with Gasteiger partial charge in [0.1, 0.15) is 5.00 Å². The Morgan fingerprint density at radius 1 is 1.12 bits per heavy atom. The number of nitrogens with one attached hydrogen (secondary N) is 1. The van der Waals surface area contributed by atoms with E-state index in [-0.39, 0.29) is 11.8 Å². The fraction of sp³-hybridized carbons (Fsp3) is 0.278. The maximum atomic E-state index is 12.8. The van der Waals surface area contributed by atoms with Gasteiger partial charge in [0.15, 0.2) is 5.01 Å². The second kappa shape index (κ2) is 7.14. The lowest BCUT2D eigenvalue weighted by Gasteiger charge is -2.32. The van der Waals surface area contributed by atoms with E-state index in [0.717, 1.165) is 23.3 Å². The standard InChI is InChI=1S/C18H18N4O2S2/c1-21-7-9-22(10-8-21)18(24)12-6-11-25-16(12)20-15(23)17-19-13-4-2-3-5-14(13)26-17/h2-6,11H,7-10H2,1H3,(H,20,23). The van der Waals surface area contributed by atoms with Crippen LogP contribution in [0.25, 0.3) is 10.2 Å². The molecule has 26 heavy (non-hydrogen) atoms. The number of carbonyl (C=O) groups excluding carboxylic acids is 2. The first-order valence-corrected chi connectivity index (χ1v) is 10.0. The maximum Gasteiger partial charge on any atom is 0.285 e. The number of amides is 2. The van der Waals surface area contributed by atoms with Crippen LogP contribution in [-0.4, -0.2) is 59.8 Å². The highest BCUT2D eigenvalue weighted by atomic mass is 32.1. The highest BCUT2D eigenvalue weighted by molar-refractivity contribution is 7.20. The number of piperazine rings is 1. The number of likely N-dealkylation sites (N-methyl/N-ethyl adjacent to an activating group) is 1. The SMILES string of the molecule is CN1CCN(C(=O)c2ccsc2NC(=O)c2nc3ccccc3s2)CC1. The van der Waals surface area contributed by atoms with Crippen molar-refractivity contribution in [3.63, 3.8) is 0 Å². The Kier molecular flexibility index (Phi) is 4.71. The van der Waals surface area contributed by atoms with Crippen LogP contribution in [0, 0.1) is 0 Å². The Morgan fingerprint density at radius 3 is 2.65 bits per heavy atom. The number of hydrogen-bond donors (Lipinski definition) is 1. The average molecular weight is 387 g/mol. The number of thiazole rings is 1. The largest absolute Gasteiger partial charge is 0.336 e. The van der Waals surface area contributed by atoms with Crippen LogP contribution in [0.1, 0.15) is 20.2 Å². The summed E-state index contributed by atoms with van der Waals surface area (Å²) in [6, 6.07) is 9.43. The van der Waals surface area contributed by atoms with Crippen molar-refractivity contribution < 1.29 is 9.59 Å². The predicted octanol–water partition coefficient (Wildman–Crippen LogP) is 3.00. The summed E-state index contributed by atoms with van der Waals surface area (Å²) in [5.74, 6) is -0.306. The number of carbonyl (C=O) groups is 2. The summed E-state index contributed by atoms with van der Waals surface area (Å²) in [5.41, 5.74) is 1.36. The first kappa shape index (κ1) is 17.1. The molecule has 1 fully saturated rings. The zero-order valence-corrected chi connectivity index (χ0v) is 15.9. The summed E-state index contributed by atoms with van der Waals surface area (Å²) in [6.45, 7) is 3.14. The molecule has 134 valence electrons. The number of aromatic nitrogens is 1. The quantitative estimate of drug-likeness (QED) is 0.752. The second-order valence-electron chi connectivity index (χ2n) is 6.20. The third-order valence-corrected chi connectivity index (χ3v) is 6.27. The molecule has 0 saturated carbocycles. The van der Waals surface area contributed by atoms with Gasteiger partial charge in [-0.3, -0.25) is 9.59 Å². The minimum Gasteiger partial charge on any atom is -0.336 e. The van der Waals surface area contributed by atoms with Gasteiger partial charge in [-0.15, -0.1) is 22.7 Å². The van der Waals surface area contributed by atoms with E-state index in [1.165, 1.54) is 22.7 Å². The number of nitrogens with zero attached hydrogens (tertiary/aromatic N) is 3. The number of rotatable bonds is 3. The molecule has 1 aromatic carbocycles. The summed E-state index contributed by atoms with van der Waals surface area (Å²) in [4.78, 5) is 33.8. The van der Waals surface area contributed by atoms with Crippen molar-refractivity contribution >= 4 is 49.7 Å². The van der Waals surface area contributed by atoms with Gasteiger partial charge in [-0.25, -0.2) is 4.98 Å². The molecule has 0 aliphatic carbocycles. The van der Waals surface area contributed by atoms with Gasteiger partial charge < -0.3 is 15.1 Å². The smallest absolute Gasteiger partial charge is 0.285 e. The van der Waals surface area contributed by atoms with Crippen molar-refractivity contribution in [1.82, 2.24) is 14.8 Å². The number of benzene rings is 1. The van der Waals surface area contributed by atoms with Crippen LogP contribution in [0.3, 0.4) is 0 Å². The van der Waals surface area contributed by atoms with Gasteiger partial charge in [-0.1, -0.05) is 12.1 Å². The van der Waals surface area contributed by atoms with Crippen LogP contribution in [0.4, 0.5) is 5.00 Å². The summed E-state index contributed by atoms with van der Waals surface area (Å²) in [6.07, 6.45) is 0. The molecular weight excluding hydrogens is 368 g/mol. The predicted molar refractivity (Wildman–Crippen MR) is 105 cm³/mol. The molecule has 2 amide bonds. The number of thiophene rings is 1. The van der Waals surface area contributed by atoms with Gasteiger partial charge in [-0.05, 0) is 30.6 Å². The first-order chi connectivity index (χ1) is 12.6. The molecule has 1 aliphatic heterocycles. The van der Waals surface area contributed by atoms with Gasteiger partial charge in [0.2, 0.25) is 0 Å². The molecule has 8 heteroatoms. The highest BCUT2D eigenvalue weighted by Crippen LogP contribution is 2.27. The summed E-state index contributed by atoms with van der Waals surface area (Å²) >= 11 is 2.71. The molecule has 0 bridgehead atoms. The average Bonchev–Trinajstić information content (AvgIpc) is 3.28. The Bertz CT molecular complexity index is 924. The molecule has 0 atom stereocenters. The van der Waals surface area contributed by atoms with E-state index in [1.807, 2.05) is 34.5 Å². The monoisotopic (exact) mass is 386 g/mol. The van der Waals surface area contributed by atoms with Crippen molar-refractivity contribution in [3.05, 3.63) is 46.3 Å². The molecule has 0 unspecified atom stereocenters. The minimum absolute atomic E-state index is 0.0288. The number of para-hydroxylation sites is 1. The minimum atomic E-state index is -0.277. The Balaban J connectivity index is 1.51. The van der Waals surface area contributed by atoms with Crippen LogP contribution in [0.15, 0.2) is 35.7 Å². The van der Waals surface area contributed by atoms with Crippen LogP contribution < -0.4 is 5.32 Å². The molecule has 4 rings (SSSR count). The number of hydrogen-bond acceptors (Lipinski definition) is 6. The lowest BCUT2D eigenvalue weighted by Crippen LogP contribution is -2.47. The Labute approximate surface area is 159 Å². The van der Waals surface area contributed by atoms with E-state index >= 15 is 0 Å². The third-order valence-electron chi connectivity index (χ3n) is 4.40. The van der Waals surface area contributed by atoms with E-state index in [0.29, 0.717) is 28.7 Å². The highest BCUT2D eigenvalue weighted by Gasteiger charge is 2.24. The van der Waals surface area contributed by atoms with E-state index < -0.39 is 0 Å². The summed E-state index contributed by atoms with van der Waals surface area (Å²) in [7, 11) is 2.05. The normalized spacial score (nSPS) is 15.3. The van der Waals surface area contributed by atoms with Gasteiger partial charge in [0, 0.05) is 26.2 Å². The van der Waals surface area contributed by atoms with Gasteiger partial charge in [0.05, 0.1) is 15.8 Å². The fourth-order valence-corrected chi connectivity index (χ4v) is 4.52. The Hall–Kier alpha value is -2.29. The maximum absolute atomic E-state index is 12.8. The van der Waals surface area contributed by atoms with Crippen molar-refractivity contribution in [1.29, 1.82) is 0 Å². The molecule has 0 spiro atoms. The first-order valence-electron chi connectivity index (χ1n) is 8.34. The summed E-state index contributed by atoms with van der Waals surface area (Å²) < 4.78 is 0.970. The van der Waals surface area contributed by atoms with E-state index in [2.05, 4.69) is 22.2 Å². The zero-order chi connectivity index (χ0) is 18.1. The van der Waals surface area contributed by atoms with Crippen LogP contribution in [0.2, 0.25) is 0 Å². The van der Waals surface area contributed by atoms with Crippen molar-refractivity contribution in [3.8, 4) is 0 Å². The molecule has 1 saturated heterocycles. The van der Waals surface area contributed by atoms with Crippen molar-refractivity contribution in [2.24, 2.45) is 0 Å². The summed E-state index contributed by atoms with van der Waals surface area (Å²) in [5, 5.41) is 5.68. The Morgan fingerprint density at radius 2 is 1.88 bits per heavy atom. The lowest BCUT2D eigenvalue weighted by atomic mass is 10.2. The van der Waals surface area contributed by atoms with Gasteiger partial charge in [-0.2, -0.15) is 0 Å². The van der Waals surface area contributed by atoms with Crippen LogP contribution in [0.5, 0.6) is 0 Å². The third kappa shape index (κ3) is 3.35. The molecule has 6 nitrogen and oxygen atoms in total. The molecule has 1 aliphatic rings. The molecule has 3 aromatic rings. The van der Waals surface area contributed by atoms with E-state index in [1.54, 1.807) is 6.07 Å². The second-order valence-corrected chi connectivity index (χ2v) is 8.15. The number of fused-ring (bicyclic) bond motifs is 1. The fourth-order valence-electron chi connectivity index (χ4n) is 2.88. The molecule has 0 radical (unpaired) electrons. The van der Waals surface area contributed by atoms with Gasteiger partial charge >= 0.3 is 0 Å². The van der Waals surface area contributed by atoms with Gasteiger partial charge in [0.25, 0.3) is 11.8 Å². The number of anilines is 1. The van der Waals surface area contributed by atoms with Crippen LogP contribution >= 0.6 is 22.7 Å². The zero-order valence-electron chi connectivity index (χ0n) is 14.3. The molecule has 3 heterocycles. The molecular formula is C18H18N4O2S2. The van der Waals surface area contributed by atoms with E-state index in [9.17, 15) is 9.59 Å². The lowest BCUT2D eigenvalue weighted by molar-refractivity contribution is 0.0665. The molecule has 1 N–H and O–H groups in total. The van der Waals surface area contributed by atoms with Crippen molar-refractivity contribution in [2.75, 3.05) is 38.5 Å². The van der Waals surface area contributed by atoms with E-state index in [4.69, 9.17) is 0 Å². The molecule has 2 aromatic heterocycles. The van der Waals surface area contributed by atoms with Crippen molar-refractivity contribution in [2.45, 2.75) is 0 Å². The van der Waals surface area contributed by atoms with Crippen LogP contribution in [-0.2, 0) is 0 Å². The topological polar surface area (TPSA) is 65.5 Å².